The largest absolute Gasteiger partial charge is 0.361 e. The molecule has 0 saturated carbocycles. The number of carbonyl (C=O) groups excluding carboxylic acids is 1. The van der Waals surface area contributed by atoms with Crippen LogP contribution >= 0.6 is 0 Å². The second-order valence-corrected chi connectivity index (χ2v) is 7.09. The fourth-order valence-electron chi connectivity index (χ4n) is 3.78. The predicted molar refractivity (Wildman–Crippen MR) is 104 cm³/mol. The molecule has 3 heterocycles. The van der Waals surface area contributed by atoms with Gasteiger partial charge in [0.15, 0.2) is 0 Å². The summed E-state index contributed by atoms with van der Waals surface area (Å²) in [4.78, 5) is 22.6. The van der Waals surface area contributed by atoms with E-state index in [-0.39, 0.29) is 11.8 Å². The number of amides is 1. The molecule has 0 radical (unpaired) electrons. The van der Waals surface area contributed by atoms with Crippen molar-refractivity contribution in [2.24, 2.45) is 5.92 Å². The molecule has 1 saturated heterocycles. The van der Waals surface area contributed by atoms with Crippen LogP contribution in [0.25, 0.3) is 10.9 Å². The van der Waals surface area contributed by atoms with Gasteiger partial charge in [0.25, 0.3) is 0 Å². The normalized spacial score (nSPS) is 18.1. The summed E-state index contributed by atoms with van der Waals surface area (Å²) in [6, 6.07) is 12.3. The highest BCUT2D eigenvalue weighted by Gasteiger charge is 2.26. The van der Waals surface area contributed by atoms with Gasteiger partial charge in [-0.2, -0.15) is 0 Å². The Hall–Kier alpha value is -2.66. The number of H-pyrrole nitrogens is 1. The third kappa shape index (κ3) is 3.48. The Labute approximate surface area is 153 Å². The van der Waals surface area contributed by atoms with Crippen molar-refractivity contribution >= 4 is 22.6 Å². The minimum Gasteiger partial charge on any atom is -0.361 e. The number of hydrogen-bond donors (Lipinski definition) is 2. The van der Waals surface area contributed by atoms with E-state index in [1.165, 1.54) is 16.5 Å². The number of nitrogens with one attached hydrogen (secondary N) is 2. The quantitative estimate of drug-likeness (QED) is 0.755. The van der Waals surface area contributed by atoms with E-state index in [1.54, 1.807) is 6.20 Å². The van der Waals surface area contributed by atoms with Crippen molar-refractivity contribution in [3.8, 4) is 0 Å². The maximum atomic E-state index is 12.7. The Morgan fingerprint density at radius 2 is 2.23 bits per heavy atom. The van der Waals surface area contributed by atoms with Crippen molar-refractivity contribution in [3.63, 3.8) is 0 Å². The molecule has 5 heteroatoms. The summed E-state index contributed by atoms with van der Waals surface area (Å²) in [6.45, 7) is 4.67. The van der Waals surface area contributed by atoms with E-state index in [1.807, 2.05) is 25.3 Å². The van der Waals surface area contributed by atoms with Gasteiger partial charge in [-0.05, 0) is 55.6 Å². The van der Waals surface area contributed by atoms with E-state index in [2.05, 4.69) is 44.5 Å². The number of aromatic nitrogens is 2. The number of carbonyl (C=O) groups is 1. The highest BCUT2D eigenvalue weighted by atomic mass is 16.2. The van der Waals surface area contributed by atoms with Crippen LogP contribution in [-0.2, 0) is 11.3 Å². The molecule has 4 rings (SSSR count). The maximum absolute atomic E-state index is 12.7. The predicted octanol–water partition coefficient (Wildman–Crippen LogP) is 3.72. The molecule has 0 bridgehead atoms. The zero-order chi connectivity index (χ0) is 17.9. The smallest absolute Gasteiger partial charge is 0.229 e. The number of likely N-dealkylation sites (tertiary alicyclic amines) is 1. The Balaban J connectivity index is 1.43. The Morgan fingerprint density at radius 3 is 3.12 bits per heavy atom. The number of fused-ring (bicyclic) bond motifs is 1. The monoisotopic (exact) mass is 348 g/mol. The highest BCUT2D eigenvalue weighted by molar-refractivity contribution is 5.92. The number of piperidine rings is 1. The van der Waals surface area contributed by atoms with Crippen molar-refractivity contribution in [2.75, 3.05) is 18.4 Å². The molecule has 26 heavy (non-hydrogen) atoms. The highest BCUT2D eigenvalue weighted by Crippen LogP contribution is 2.24. The summed E-state index contributed by atoms with van der Waals surface area (Å²) in [5.74, 6) is 0.763. The van der Waals surface area contributed by atoms with Crippen molar-refractivity contribution in [3.05, 3.63) is 59.9 Å². The lowest BCUT2D eigenvalue weighted by molar-refractivity contribution is -0.121. The lowest BCUT2D eigenvalue weighted by Gasteiger charge is -2.32. The van der Waals surface area contributed by atoms with Gasteiger partial charge >= 0.3 is 0 Å². The summed E-state index contributed by atoms with van der Waals surface area (Å²) in [5.41, 5.74) is 3.47. The van der Waals surface area contributed by atoms with Gasteiger partial charge in [0, 0.05) is 36.4 Å². The van der Waals surface area contributed by atoms with Crippen LogP contribution in [0.5, 0.6) is 0 Å². The minimum absolute atomic E-state index is 0.00980. The van der Waals surface area contributed by atoms with E-state index >= 15 is 0 Å². The van der Waals surface area contributed by atoms with Crippen molar-refractivity contribution in [1.82, 2.24) is 14.9 Å². The number of rotatable bonds is 4. The lowest BCUT2D eigenvalue weighted by atomic mass is 9.96. The van der Waals surface area contributed by atoms with Crippen LogP contribution in [0.15, 0.2) is 48.8 Å². The van der Waals surface area contributed by atoms with Crippen LogP contribution in [0.4, 0.5) is 5.82 Å². The van der Waals surface area contributed by atoms with Crippen molar-refractivity contribution in [1.29, 1.82) is 0 Å². The van der Waals surface area contributed by atoms with Crippen LogP contribution in [0.1, 0.15) is 24.0 Å². The van der Waals surface area contributed by atoms with Gasteiger partial charge < -0.3 is 10.3 Å². The molecule has 1 atom stereocenters. The first-order valence-corrected chi connectivity index (χ1v) is 9.20. The number of pyridine rings is 1. The number of benzene rings is 1. The second-order valence-electron chi connectivity index (χ2n) is 7.09. The Morgan fingerprint density at radius 1 is 1.31 bits per heavy atom. The molecule has 134 valence electrons. The molecule has 1 aliphatic heterocycles. The molecule has 5 nitrogen and oxygen atoms in total. The molecular formula is C21H24N4O. The molecule has 1 aromatic carbocycles. The number of aromatic amines is 1. The fourth-order valence-corrected chi connectivity index (χ4v) is 3.78. The molecule has 3 aromatic rings. The summed E-state index contributed by atoms with van der Waals surface area (Å²) >= 11 is 0. The Kier molecular flexibility index (Phi) is 4.71. The Bertz CT molecular complexity index is 917. The van der Waals surface area contributed by atoms with Gasteiger partial charge in [-0.15, -0.1) is 0 Å². The van der Waals surface area contributed by atoms with Gasteiger partial charge in [-0.25, -0.2) is 4.98 Å². The van der Waals surface area contributed by atoms with Gasteiger partial charge in [-0.1, -0.05) is 18.2 Å². The molecule has 1 unspecified atom stereocenters. The molecule has 2 aromatic heterocycles. The third-order valence-corrected chi connectivity index (χ3v) is 5.21. The SMILES string of the molecule is Cc1cccnc1NC(=O)C1CCCN(Cc2cccc3[nH]ccc23)C1. The lowest BCUT2D eigenvalue weighted by Crippen LogP contribution is -2.40. The van der Waals surface area contributed by atoms with Crippen LogP contribution in [-0.4, -0.2) is 33.9 Å². The van der Waals surface area contributed by atoms with Crippen LogP contribution in [0.2, 0.25) is 0 Å². The second kappa shape index (κ2) is 7.30. The van der Waals surface area contributed by atoms with Crippen molar-refractivity contribution < 1.29 is 4.79 Å². The van der Waals surface area contributed by atoms with E-state index in [0.717, 1.165) is 38.0 Å². The number of nitrogens with zero attached hydrogens (tertiary/aromatic N) is 2. The van der Waals surface area contributed by atoms with Crippen LogP contribution in [0, 0.1) is 12.8 Å². The summed E-state index contributed by atoms with van der Waals surface area (Å²) < 4.78 is 0. The maximum Gasteiger partial charge on any atom is 0.229 e. The van der Waals surface area contributed by atoms with Crippen molar-refractivity contribution in [2.45, 2.75) is 26.3 Å². The van der Waals surface area contributed by atoms with Gasteiger partial charge in [0.1, 0.15) is 5.82 Å². The molecule has 1 aliphatic rings. The van der Waals surface area contributed by atoms with Gasteiger partial charge in [-0.3, -0.25) is 9.69 Å². The molecular weight excluding hydrogens is 324 g/mol. The van der Waals surface area contributed by atoms with E-state index in [9.17, 15) is 4.79 Å². The van der Waals surface area contributed by atoms with E-state index < -0.39 is 0 Å². The zero-order valence-electron chi connectivity index (χ0n) is 15.0. The van der Waals surface area contributed by atoms with Gasteiger partial charge in [0.2, 0.25) is 5.91 Å². The van der Waals surface area contributed by atoms with Crippen LogP contribution < -0.4 is 5.32 Å². The standard InChI is InChI=1S/C21H24N4O/c1-15-5-3-10-23-20(15)24-21(26)17-7-4-12-25(14-17)13-16-6-2-8-19-18(16)9-11-22-19/h2-3,5-6,8-11,17,22H,4,7,12-14H2,1H3,(H,23,24,26). The molecule has 1 fully saturated rings. The topological polar surface area (TPSA) is 61.0 Å². The first kappa shape index (κ1) is 16.8. The third-order valence-electron chi connectivity index (χ3n) is 5.21. The molecule has 0 aliphatic carbocycles. The van der Waals surface area contributed by atoms with E-state index in [4.69, 9.17) is 0 Å². The minimum atomic E-state index is 0.00980. The zero-order valence-corrected chi connectivity index (χ0v) is 15.0. The molecule has 2 N–H and O–H groups in total. The summed E-state index contributed by atoms with van der Waals surface area (Å²) in [5, 5.41) is 4.27. The average Bonchev–Trinajstić information content (AvgIpc) is 3.14. The molecule has 1 amide bonds. The van der Waals surface area contributed by atoms with Crippen LogP contribution in [0.3, 0.4) is 0 Å². The average molecular weight is 348 g/mol. The number of anilines is 1. The first-order valence-electron chi connectivity index (χ1n) is 9.20. The number of aryl methyl sites for hydroxylation is 1. The number of hydrogen-bond acceptors (Lipinski definition) is 3. The first-order chi connectivity index (χ1) is 12.7. The summed E-state index contributed by atoms with van der Waals surface area (Å²) in [6.07, 6.45) is 5.67. The molecule has 0 spiro atoms. The van der Waals surface area contributed by atoms with Gasteiger partial charge in [0.05, 0.1) is 5.92 Å². The fraction of sp³-hybridized carbons (Fsp3) is 0.333. The summed E-state index contributed by atoms with van der Waals surface area (Å²) in [7, 11) is 0. The van der Waals surface area contributed by atoms with E-state index in [0.29, 0.717) is 5.82 Å².